The molecule has 0 unspecified atom stereocenters. The molecule has 1 aliphatic carbocycles. The monoisotopic (exact) mass is 602 g/mol. The minimum atomic E-state index is -4.13. The number of nitro groups is 1. The van der Waals surface area contributed by atoms with Crippen molar-refractivity contribution in [3.8, 4) is 23.0 Å². The summed E-state index contributed by atoms with van der Waals surface area (Å²) >= 11 is 6.29. The van der Waals surface area contributed by atoms with Crippen LogP contribution >= 0.6 is 11.6 Å². The van der Waals surface area contributed by atoms with Crippen molar-refractivity contribution in [1.29, 1.82) is 0 Å². The second kappa shape index (κ2) is 13.8. The molecule has 0 spiro atoms. The van der Waals surface area contributed by atoms with Gasteiger partial charge in [-0.2, -0.15) is 8.42 Å². The summed E-state index contributed by atoms with van der Waals surface area (Å²) in [5.41, 5.74) is 1.65. The van der Waals surface area contributed by atoms with Crippen LogP contribution in [0, 0.1) is 10.1 Å². The van der Waals surface area contributed by atoms with E-state index in [2.05, 4.69) is 5.32 Å². The molecule has 218 valence electrons. The lowest BCUT2D eigenvalue weighted by molar-refractivity contribution is -0.385. The van der Waals surface area contributed by atoms with Gasteiger partial charge in [-0.15, -0.1) is 0 Å². The van der Waals surface area contributed by atoms with E-state index in [9.17, 15) is 23.3 Å². The van der Waals surface area contributed by atoms with E-state index in [1.807, 2.05) is 6.07 Å². The molecule has 0 saturated heterocycles. The summed E-state index contributed by atoms with van der Waals surface area (Å²) in [7, 11) is -4.13. The summed E-state index contributed by atoms with van der Waals surface area (Å²) in [5, 5.41) is 14.7. The predicted molar refractivity (Wildman–Crippen MR) is 155 cm³/mol. The zero-order valence-electron chi connectivity index (χ0n) is 22.3. The van der Waals surface area contributed by atoms with Gasteiger partial charge in [-0.25, -0.2) is 0 Å². The first-order chi connectivity index (χ1) is 19.6. The van der Waals surface area contributed by atoms with E-state index in [1.165, 1.54) is 18.6 Å². The van der Waals surface area contributed by atoms with Gasteiger partial charge in [0.25, 0.3) is 15.8 Å². The first-order valence-corrected chi connectivity index (χ1v) is 15.3. The molecular weight excluding hydrogens is 572 g/mol. The fourth-order valence-corrected chi connectivity index (χ4v) is 5.32. The van der Waals surface area contributed by atoms with Crippen LogP contribution in [0.4, 0.5) is 5.69 Å². The lowest BCUT2D eigenvalue weighted by atomic mass is 9.84. The van der Waals surface area contributed by atoms with Gasteiger partial charge in [0.05, 0.1) is 22.8 Å². The van der Waals surface area contributed by atoms with Crippen LogP contribution in [0.1, 0.15) is 55.6 Å². The van der Waals surface area contributed by atoms with Gasteiger partial charge in [-0.05, 0) is 66.6 Å². The third-order valence-electron chi connectivity index (χ3n) is 6.80. The number of halogens is 1. The number of non-ortho nitro benzene ring substituents is 1. The molecule has 1 saturated carbocycles. The number of nitrogens with one attached hydrogen (secondary N) is 1. The maximum Gasteiger partial charge on any atom is 0.276 e. The molecule has 1 aliphatic rings. The Bertz CT molecular complexity index is 1490. The van der Waals surface area contributed by atoms with Crippen molar-refractivity contribution in [3.05, 3.63) is 86.9 Å². The first kappa shape index (κ1) is 30.3. The number of nitrogens with zero attached hydrogens (tertiary/aromatic N) is 1. The highest BCUT2D eigenvalue weighted by Gasteiger charge is 2.21. The van der Waals surface area contributed by atoms with Crippen LogP contribution in [0.3, 0.4) is 0 Å². The SMILES string of the molecule is O=C(CCc1ccc(Oc2cc(Oc3ccc(Cl)cc3C3CCCCC3)cc([N+](=O)[O-])c2)cc1)NCCS(=O)(=O)O. The van der Waals surface area contributed by atoms with E-state index >= 15 is 0 Å². The molecule has 12 heteroatoms. The third-order valence-corrected chi connectivity index (χ3v) is 7.76. The Morgan fingerprint density at radius 2 is 1.66 bits per heavy atom. The number of aryl methyl sites for hydroxylation is 1. The topological polar surface area (TPSA) is 145 Å². The van der Waals surface area contributed by atoms with Crippen molar-refractivity contribution in [2.45, 2.75) is 50.9 Å². The van der Waals surface area contributed by atoms with Crippen LogP contribution in [0.15, 0.2) is 60.7 Å². The Morgan fingerprint density at radius 1 is 0.976 bits per heavy atom. The molecule has 3 aromatic rings. The van der Waals surface area contributed by atoms with Gasteiger partial charge in [0.2, 0.25) is 5.91 Å². The van der Waals surface area contributed by atoms with Gasteiger partial charge in [0.15, 0.2) is 0 Å². The Hall–Kier alpha value is -3.67. The molecule has 2 N–H and O–H groups in total. The van der Waals surface area contributed by atoms with Crippen LogP contribution in [-0.4, -0.2) is 36.1 Å². The van der Waals surface area contributed by atoms with Gasteiger partial charge in [-0.3, -0.25) is 19.5 Å². The lowest BCUT2D eigenvalue weighted by Gasteiger charge is -2.24. The second-order valence-corrected chi connectivity index (χ2v) is 11.9. The van der Waals surface area contributed by atoms with Crippen LogP contribution in [0.2, 0.25) is 5.02 Å². The van der Waals surface area contributed by atoms with E-state index in [0.29, 0.717) is 28.9 Å². The highest BCUT2D eigenvalue weighted by molar-refractivity contribution is 7.85. The number of amides is 1. The Kier molecular flexibility index (Phi) is 10.2. The summed E-state index contributed by atoms with van der Waals surface area (Å²) in [6.07, 6.45) is 6.07. The van der Waals surface area contributed by atoms with Gasteiger partial charge >= 0.3 is 0 Å². The van der Waals surface area contributed by atoms with Crippen molar-refractivity contribution in [1.82, 2.24) is 5.32 Å². The van der Waals surface area contributed by atoms with Crippen molar-refractivity contribution in [2.75, 3.05) is 12.3 Å². The fraction of sp³-hybridized carbons (Fsp3) is 0.345. The number of carbonyl (C=O) groups is 1. The average molecular weight is 603 g/mol. The molecule has 41 heavy (non-hydrogen) atoms. The molecule has 1 fully saturated rings. The molecule has 0 atom stereocenters. The number of ether oxygens (including phenoxy) is 2. The zero-order valence-corrected chi connectivity index (χ0v) is 23.8. The Morgan fingerprint density at radius 3 is 2.32 bits per heavy atom. The molecule has 0 heterocycles. The molecule has 0 aliphatic heterocycles. The molecule has 1 amide bonds. The average Bonchev–Trinajstić information content (AvgIpc) is 2.93. The minimum Gasteiger partial charge on any atom is -0.457 e. The molecule has 4 rings (SSSR count). The number of benzene rings is 3. The number of nitro benzene ring substituents is 1. The van der Waals surface area contributed by atoms with E-state index < -0.39 is 20.8 Å². The van der Waals surface area contributed by atoms with Crippen molar-refractivity contribution >= 4 is 33.3 Å². The number of hydrogen-bond donors (Lipinski definition) is 2. The normalized spacial score (nSPS) is 13.9. The summed E-state index contributed by atoms with van der Waals surface area (Å²) in [6, 6.07) is 16.6. The summed E-state index contributed by atoms with van der Waals surface area (Å²) in [5.74, 6) is 0.972. The standard InChI is InChI=1S/C29H31ClN2O8S/c30-22-9-12-28(27(16-22)21-4-2-1-3-5-21)40-26-18-23(32(34)35)17-25(19-26)39-24-10-6-20(7-11-24)8-13-29(33)31-14-15-41(36,37)38/h6-7,9-12,16-19,21H,1-5,8,13-15H2,(H,31,33)(H,36,37,38). The van der Waals surface area contributed by atoms with Crippen LogP contribution in [-0.2, 0) is 21.3 Å². The predicted octanol–water partition coefficient (Wildman–Crippen LogP) is 6.82. The van der Waals surface area contributed by atoms with Crippen LogP contribution in [0.5, 0.6) is 23.0 Å². The van der Waals surface area contributed by atoms with Crippen LogP contribution in [0.25, 0.3) is 0 Å². The van der Waals surface area contributed by atoms with E-state index in [4.69, 9.17) is 25.6 Å². The van der Waals surface area contributed by atoms with E-state index in [1.54, 1.807) is 42.5 Å². The smallest absolute Gasteiger partial charge is 0.276 e. The quantitative estimate of drug-likeness (QED) is 0.130. The highest BCUT2D eigenvalue weighted by Crippen LogP contribution is 2.41. The van der Waals surface area contributed by atoms with Gasteiger partial charge < -0.3 is 14.8 Å². The van der Waals surface area contributed by atoms with Gasteiger partial charge in [0.1, 0.15) is 23.0 Å². The molecule has 0 bridgehead atoms. The van der Waals surface area contributed by atoms with E-state index in [0.717, 1.165) is 36.8 Å². The molecule has 10 nitrogen and oxygen atoms in total. The van der Waals surface area contributed by atoms with E-state index in [-0.39, 0.29) is 36.1 Å². The van der Waals surface area contributed by atoms with Gasteiger partial charge in [0, 0.05) is 24.1 Å². The maximum atomic E-state index is 11.9. The number of hydrogen-bond acceptors (Lipinski definition) is 7. The largest absolute Gasteiger partial charge is 0.457 e. The number of carbonyl (C=O) groups excluding carboxylic acids is 1. The zero-order chi connectivity index (χ0) is 29.4. The van der Waals surface area contributed by atoms with Crippen molar-refractivity contribution in [3.63, 3.8) is 0 Å². The summed E-state index contributed by atoms with van der Waals surface area (Å²) in [6.45, 7) is -0.167. The summed E-state index contributed by atoms with van der Waals surface area (Å²) < 4.78 is 42.3. The van der Waals surface area contributed by atoms with Crippen molar-refractivity contribution in [2.24, 2.45) is 0 Å². The Balaban J connectivity index is 1.43. The summed E-state index contributed by atoms with van der Waals surface area (Å²) in [4.78, 5) is 23.1. The highest BCUT2D eigenvalue weighted by atomic mass is 35.5. The fourth-order valence-electron chi connectivity index (χ4n) is 4.78. The lowest BCUT2D eigenvalue weighted by Crippen LogP contribution is -2.29. The minimum absolute atomic E-state index is 0.130. The van der Waals surface area contributed by atoms with Crippen LogP contribution < -0.4 is 14.8 Å². The number of rotatable bonds is 12. The molecule has 3 aromatic carbocycles. The third kappa shape index (κ3) is 9.44. The first-order valence-electron chi connectivity index (χ1n) is 13.3. The maximum absolute atomic E-state index is 11.9. The molecule has 0 aromatic heterocycles. The molecular formula is C29H31ClN2O8S. The van der Waals surface area contributed by atoms with Gasteiger partial charge in [-0.1, -0.05) is 43.0 Å². The Labute approximate surface area is 243 Å². The van der Waals surface area contributed by atoms with Crippen molar-refractivity contribution < 1.29 is 32.2 Å². The second-order valence-electron chi connectivity index (χ2n) is 9.92. The molecule has 0 radical (unpaired) electrons.